The van der Waals surface area contributed by atoms with Gasteiger partial charge in [-0.1, -0.05) is 6.92 Å². The third-order valence-electron chi connectivity index (χ3n) is 0.522. The first-order valence-corrected chi connectivity index (χ1v) is 2.11. The lowest BCUT2D eigenvalue weighted by atomic mass is 10.5. The van der Waals surface area contributed by atoms with Crippen LogP contribution in [0.3, 0.4) is 0 Å². The molecule has 3 heteroatoms. The lowest BCUT2D eigenvalue weighted by Gasteiger charge is -1.93. The second kappa shape index (κ2) is 3.61. The molecule has 3 nitrogen and oxygen atoms in total. The minimum atomic E-state index is -0.310. The Balaban J connectivity index is 3.00. The Morgan fingerprint density at radius 1 is 1.86 bits per heavy atom. The van der Waals surface area contributed by atoms with Crippen LogP contribution < -0.4 is 5.73 Å². The van der Waals surface area contributed by atoms with E-state index in [9.17, 15) is 4.79 Å². The fraction of sp³-hybridized carbons (Fsp3) is 0.750. The maximum Gasteiger partial charge on any atom is 0.306 e. The van der Waals surface area contributed by atoms with Gasteiger partial charge in [-0.15, -0.1) is 0 Å². The molecule has 0 aromatic heterocycles. The van der Waals surface area contributed by atoms with E-state index in [1.54, 1.807) is 6.92 Å². The van der Waals surface area contributed by atoms with Crippen LogP contribution in [0.1, 0.15) is 13.3 Å². The molecule has 0 unspecified atom stereocenters. The quantitative estimate of drug-likeness (QED) is 0.467. The zero-order valence-electron chi connectivity index (χ0n) is 4.23. The smallest absolute Gasteiger partial charge is 0.306 e. The van der Waals surface area contributed by atoms with Gasteiger partial charge in [-0.2, -0.15) is 0 Å². The molecular formula is C4H8NO2. The molecule has 0 aliphatic heterocycles. The van der Waals surface area contributed by atoms with E-state index in [-0.39, 0.29) is 12.7 Å². The van der Waals surface area contributed by atoms with E-state index < -0.39 is 0 Å². The Morgan fingerprint density at radius 2 is 2.43 bits per heavy atom. The van der Waals surface area contributed by atoms with E-state index >= 15 is 0 Å². The molecule has 0 spiro atoms. The number of nitrogens with one attached hydrogen (secondary N) is 1. The van der Waals surface area contributed by atoms with Crippen LogP contribution >= 0.6 is 0 Å². The molecule has 0 amide bonds. The van der Waals surface area contributed by atoms with Gasteiger partial charge in [0.25, 0.3) is 0 Å². The van der Waals surface area contributed by atoms with Crippen LogP contribution in [0.4, 0.5) is 0 Å². The highest BCUT2D eigenvalue weighted by Gasteiger charge is 1.91. The molecule has 0 aromatic carbocycles. The lowest BCUT2D eigenvalue weighted by Crippen LogP contribution is -2.03. The van der Waals surface area contributed by atoms with E-state index in [1.165, 1.54) is 0 Å². The van der Waals surface area contributed by atoms with Gasteiger partial charge in [0.05, 0.1) is 0 Å². The molecule has 7 heavy (non-hydrogen) atoms. The van der Waals surface area contributed by atoms with Gasteiger partial charge >= 0.3 is 5.97 Å². The zero-order valence-corrected chi connectivity index (χ0v) is 4.23. The molecule has 0 atom stereocenters. The monoisotopic (exact) mass is 102 g/mol. The number of carbonyl (C=O) groups excluding carboxylic acids is 1. The highest BCUT2D eigenvalue weighted by molar-refractivity contribution is 5.68. The first-order chi connectivity index (χ1) is 3.31. The molecule has 0 fully saturated rings. The number of rotatable bonds is 2. The summed E-state index contributed by atoms with van der Waals surface area (Å²) in [5.41, 5.74) is 6.39. The minimum Gasteiger partial charge on any atom is -0.448 e. The highest BCUT2D eigenvalue weighted by atomic mass is 16.5. The van der Waals surface area contributed by atoms with Gasteiger partial charge in [0.2, 0.25) is 0 Å². The first kappa shape index (κ1) is 6.43. The molecule has 0 aliphatic rings. The van der Waals surface area contributed by atoms with E-state index in [4.69, 9.17) is 5.73 Å². The molecule has 1 N–H and O–H groups in total. The zero-order chi connectivity index (χ0) is 5.70. The van der Waals surface area contributed by atoms with Crippen molar-refractivity contribution in [3.8, 4) is 0 Å². The maximum absolute atomic E-state index is 10.1. The van der Waals surface area contributed by atoms with Crippen LogP contribution in [-0.4, -0.2) is 12.7 Å². The summed E-state index contributed by atoms with van der Waals surface area (Å²) in [6, 6.07) is 0. The van der Waals surface area contributed by atoms with Crippen molar-refractivity contribution in [2.24, 2.45) is 0 Å². The molecular weight excluding hydrogens is 94.0 g/mol. The third kappa shape index (κ3) is 3.26. The average molecular weight is 102 g/mol. The summed E-state index contributed by atoms with van der Waals surface area (Å²) >= 11 is 0. The van der Waals surface area contributed by atoms with Gasteiger partial charge in [-0.05, 0) is 0 Å². The number of hydrogen-bond acceptors (Lipinski definition) is 2. The van der Waals surface area contributed by atoms with Crippen molar-refractivity contribution < 1.29 is 9.53 Å². The van der Waals surface area contributed by atoms with Gasteiger partial charge < -0.3 is 4.74 Å². The van der Waals surface area contributed by atoms with Gasteiger partial charge in [0, 0.05) is 6.42 Å². The number of esters is 1. The fourth-order valence-corrected chi connectivity index (χ4v) is 0.183. The Labute approximate surface area is 42.4 Å². The summed E-state index contributed by atoms with van der Waals surface area (Å²) in [7, 11) is 0. The third-order valence-corrected chi connectivity index (χ3v) is 0.522. The van der Waals surface area contributed by atoms with Crippen LogP contribution in [-0.2, 0) is 9.53 Å². The summed E-state index contributed by atoms with van der Waals surface area (Å²) in [4.78, 5) is 10.1. The number of ether oxygens (including phenoxy) is 1. The number of hydrogen-bond donors (Lipinski definition) is 0. The predicted molar refractivity (Wildman–Crippen MR) is 24.3 cm³/mol. The fourth-order valence-electron chi connectivity index (χ4n) is 0.183. The van der Waals surface area contributed by atoms with Crippen molar-refractivity contribution in [2.75, 3.05) is 6.73 Å². The van der Waals surface area contributed by atoms with Crippen molar-refractivity contribution >= 4 is 5.97 Å². The number of carbonyl (C=O) groups is 1. The van der Waals surface area contributed by atoms with Gasteiger partial charge in [-0.25, -0.2) is 5.73 Å². The minimum absolute atomic E-state index is 0.257. The van der Waals surface area contributed by atoms with Crippen LogP contribution in [0.15, 0.2) is 0 Å². The lowest BCUT2D eigenvalue weighted by molar-refractivity contribution is -0.143. The molecule has 0 saturated heterocycles. The summed E-state index contributed by atoms with van der Waals surface area (Å²) in [6.07, 6.45) is 0.360. The molecule has 0 heterocycles. The van der Waals surface area contributed by atoms with Gasteiger partial charge in [0.1, 0.15) is 0 Å². The van der Waals surface area contributed by atoms with Gasteiger partial charge in [-0.3, -0.25) is 4.79 Å². The summed E-state index contributed by atoms with van der Waals surface area (Å²) in [6.45, 7) is 1.44. The summed E-state index contributed by atoms with van der Waals surface area (Å²) in [5, 5.41) is 0. The SMILES string of the molecule is CCC(=O)OC[NH]. The summed E-state index contributed by atoms with van der Waals surface area (Å²) in [5.74, 6) is -0.310. The predicted octanol–water partition coefficient (Wildman–Crippen LogP) is 0.180. The average Bonchev–Trinajstić information content (AvgIpc) is 1.68. The van der Waals surface area contributed by atoms with Crippen LogP contribution in [0.25, 0.3) is 0 Å². The van der Waals surface area contributed by atoms with E-state index in [0.717, 1.165) is 0 Å². The van der Waals surface area contributed by atoms with E-state index in [1.807, 2.05) is 0 Å². The van der Waals surface area contributed by atoms with Crippen molar-refractivity contribution in [3.63, 3.8) is 0 Å². The molecule has 0 bridgehead atoms. The molecule has 41 valence electrons. The maximum atomic E-state index is 10.1. The van der Waals surface area contributed by atoms with Crippen molar-refractivity contribution in [3.05, 3.63) is 0 Å². The van der Waals surface area contributed by atoms with E-state index in [2.05, 4.69) is 4.74 Å². The van der Waals surface area contributed by atoms with Crippen LogP contribution in [0.2, 0.25) is 0 Å². The first-order valence-electron chi connectivity index (χ1n) is 2.11. The topological polar surface area (TPSA) is 50.1 Å². The van der Waals surface area contributed by atoms with Gasteiger partial charge in [0.15, 0.2) is 6.73 Å². The largest absolute Gasteiger partial charge is 0.448 e. The molecule has 0 aliphatic carbocycles. The normalized spacial score (nSPS) is 8.29. The molecule has 0 rings (SSSR count). The highest BCUT2D eigenvalue weighted by Crippen LogP contribution is 1.79. The van der Waals surface area contributed by atoms with Crippen molar-refractivity contribution in [1.29, 1.82) is 0 Å². The molecule has 0 saturated carbocycles. The standard InChI is InChI=1S/C4H8NO2/c1-2-4(6)7-3-5/h5H,2-3H2,1H3. The van der Waals surface area contributed by atoms with Crippen LogP contribution in [0, 0.1) is 0 Å². The van der Waals surface area contributed by atoms with Crippen LogP contribution in [0.5, 0.6) is 0 Å². The second-order valence-electron chi connectivity index (χ2n) is 1.01. The van der Waals surface area contributed by atoms with E-state index in [0.29, 0.717) is 6.42 Å². The molecule has 1 radical (unpaired) electrons. The Morgan fingerprint density at radius 3 is 2.57 bits per heavy atom. The van der Waals surface area contributed by atoms with Crippen molar-refractivity contribution in [2.45, 2.75) is 13.3 Å². The Bertz CT molecular complexity index is 62.7. The Kier molecular flexibility index (Phi) is 3.32. The Hall–Kier alpha value is -0.570. The summed E-state index contributed by atoms with van der Waals surface area (Å²) < 4.78 is 4.22. The second-order valence-corrected chi connectivity index (χ2v) is 1.01. The van der Waals surface area contributed by atoms with Crippen molar-refractivity contribution in [1.82, 2.24) is 5.73 Å². The molecule has 0 aromatic rings.